The summed E-state index contributed by atoms with van der Waals surface area (Å²) in [6.07, 6.45) is 4.99. The molecule has 3 amide bonds. The molecule has 7 nitrogen and oxygen atoms in total. The van der Waals surface area contributed by atoms with Gasteiger partial charge in [0, 0.05) is 38.3 Å². The summed E-state index contributed by atoms with van der Waals surface area (Å²) >= 11 is 0. The number of piperidine rings is 2. The lowest BCUT2D eigenvalue weighted by molar-refractivity contribution is -0.142. The first kappa shape index (κ1) is 22.6. The van der Waals surface area contributed by atoms with E-state index in [1.54, 1.807) is 4.90 Å². The fraction of sp³-hybridized carbons (Fsp3) is 0.640. The maximum absolute atomic E-state index is 13.7. The predicted molar refractivity (Wildman–Crippen MR) is 124 cm³/mol. The average molecular weight is 441 g/mol. The molecule has 0 bridgehead atoms. The normalized spacial score (nSPS) is 21.0. The molecule has 0 aromatic heterocycles. The highest BCUT2D eigenvalue weighted by Crippen LogP contribution is 2.39. The molecule has 3 aliphatic rings. The minimum atomic E-state index is -0.682. The van der Waals surface area contributed by atoms with E-state index >= 15 is 0 Å². The molecule has 3 heterocycles. The van der Waals surface area contributed by atoms with Gasteiger partial charge in [-0.05, 0) is 50.2 Å². The molecule has 0 saturated carbocycles. The topological polar surface area (TPSA) is 64.2 Å². The Hall–Kier alpha value is -2.57. The lowest BCUT2D eigenvalue weighted by Gasteiger charge is -2.43. The van der Waals surface area contributed by atoms with Gasteiger partial charge < -0.3 is 19.6 Å². The Labute approximate surface area is 191 Å². The molecule has 0 atom stereocenters. The third kappa shape index (κ3) is 4.48. The van der Waals surface area contributed by atoms with Crippen LogP contribution in [0.2, 0.25) is 0 Å². The second-order valence-corrected chi connectivity index (χ2v) is 9.86. The van der Waals surface area contributed by atoms with Crippen molar-refractivity contribution in [3.8, 4) is 0 Å². The zero-order valence-corrected chi connectivity index (χ0v) is 19.5. The minimum Gasteiger partial charge on any atom is -0.342 e. The van der Waals surface area contributed by atoms with Gasteiger partial charge in [-0.3, -0.25) is 14.4 Å². The van der Waals surface area contributed by atoms with Crippen LogP contribution in [0, 0.1) is 5.92 Å². The first-order valence-corrected chi connectivity index (χ1v) is 12.1. The summed E-state index contributed by atoms with van der Waals surface area (Å²) in [4.78, 5) is 47.0. The number of carbonyl (C=O) groups excluding carboxylic acids is 3. The van der Waals surface area contributed by atoms with E-state index in [2.05, 4.69) is 18.7 Å². The van der Waals surface area contributed by atoms with E-state index in [1.807, 2.05) is 40.1 Å². The van der Waals surface area contributed by atoms with E-state index in [0.717, 1.165) is 31.6 Å². The first-order chi connectivity index (χ1) is 15.4. The van der Waals surface area contributed by atoms with Crippen LogP contribution in [0.15, 0.2) is 30.3 Å². The lowest BCUT2D eigenvalue weighted by atomic mass is 9.85. The summed E-state index contributed by atoms with van der Waals surface area (Å²) in [5, 5.41) is 0. The molecular formula is C25H36N4O3. The summed E-state index contributed by atoms with van der Waals surface area (Å²) in [6, 6.07) is 9.99. The molecule has 1 spiro atoms. The van der Waals surface area contributed by atoms with Gasteiger partial charge in [-0.15, -0.1) is 0 Å². The summed E-state index contributed by atoms with van der Waals surface area (Å²) in [5.74, 6) is 0.572. The molecule has 3 aliphatic heterocycles. The maximum atomic E-state index is 13.7. The Morgan fingerprint density at radius 1 is 0.906 bits per heavy atom. The van der Waals surface area contributed by atoms with Crippen molar-refractivity contribution in [2.24, 2.45) is 5.92 Å². The third-order valence-electron chi connectivity index (χ3n) is 7.14. The van der Waals surface area contributed by atoms with Gasteiger partial charge in [0.25, 0.3) is 5.91 Å². The van der Waals surface area contributed by atoms with Crippen LogP contribution >= 0.6 is 0 Å². The van der Waals surface area contributed by atoms with Crippen LogP contribution in [-0.2, 0) is 14.4 Å². The van der Waals surface area contributed by atoms with Gasteiger partial charge in [0.2, 0.25) is 11.8 Å². The van der Waals surface area contributed by atoms with E-state index in [0.29, 0.717) is 44.9 Å². The summed E-state index contributed by atoms with van der Waals surface area (Å²) < 4.78 is 0. The highest BCUT2D eigenvalue weighted by molar-refractivity contribution is 5.96. The molecule has 0 unspecified atom stereocenters. The number of benzene rings is 1. The van der Waals surface area contributed by atoms with Crippen molar-refractivity contribution < 1.29 is 14.4 Å². The minimum absolute atomic E-state index is 0.0303. The summed E-state index contributed by atoms with van der Waals surface area (Å²) in [5.41, 5.74) is 0.314. The Balaban J connectivity index is 1.52. The largest absolute Gasteiger partial charge is 0.342 e. The first-order valence-electron chi connectivity index (χ1n) is 12.1. The maximum Gasteiger partial charge on any atom is 0.250 e. The average Bonchev–Trinajstić information content (AvgIpc) is 3.06. The molecule has 0 radical (unpaired) electrons. The van der Waals surface area contributed by atoms with E-state index in [9.17, 15) is 14.4 Å². The molecular weight excluding hydrogens is 404 g/mol. The van der Waals surface area contributed by atoms with E-state index < -0.39 is 5.54 Å². The van der Waals surface area contributed by atoms with Crippen molar-refractivity contribution >= 4 is 23.4 Å². The molecule has 174 valence electrons. The number of likely N-dealkylation sites (tertiary alicyclic amines) is 2. The fourth-order valence-corrected chi connectivity index (χ4v) is 5.33. The summed E-state index contributed by atoms with van der Waals surface area (Å²) in [7, 11) is 0. The summed E-state index contributed by atoms with van der Waals surface area (Å²) in [6.45, 7) is 7.41. The Morgan fingerprint density at radius 3 is 2.16 bits per heavy atom. The molecule has 4 rings (SSSR count). The molecule has 1 aromatic carbocycles. The molecule has 0 N–H and O–H groups in total. The monoisotopic (exact) mass is 440 g/mol. The SMILES string of the molecule is CC(C)CC(=O)N1CCC2(CC1)C(=O)N(CC(=O)N1CCCCC1)CN2c1ccccc1. The van der Waals surface area contributed by atoms with E-state index in [-0.39, 0.29) is 24.3 Å². The van der Waals surface area contributed by atoms with Crippen molar-refractivity contribution in [1.29, 1.82) is 0 Å². The highest BCUT2D eigenvalue weighted by Gasteiger charge is 2.54. The Kier molecular flexibility index (Phi) is 6.72. The Bertz CT molecular complexity index is 827. The van der Waals surface area contributed by atoms with E-state index in [1.165, 1.54) is 6.42 Å². The van der Waals surface area contributed by atoms with Crippen molar-refractivity contribution in [2.45, 2.75) is 57.9 Å². The standard InChI is InChI=1S/C25H36N4O3/c1-20(2)17-22(30)27-15-11-25(12-16-27)24(32)28(18-23(31)26-13-7-4-8-14-26)19-29(25)21-9-5-3-6-10-21/h3,5-6,9-10,20H,4,7-8,11-19H2,1-2H3. The molecule has 0 aliphatic carbocycles. The predicted octanol–water partition coefficient (Wildman–Crippen LogP) is 2.71. The fourth-order valence-electron chi connectivity index (χ4n) is 5.33. The molecule has 3 saturated heterocycles. The van der Waals surface area contributed by atoms with Crippen LogP contribution in [0.25, 0.3) is 0 Å². The van der Waals surface area contributed by atoms with Gasteiger partial charge in [0.15, 0.2) is 0 Å². The van der Waals surface area contributed by atoms with Gasteiger partial charge in [0.05, 0.1) is 6.67 Å². The second-order valence-electron chi connectivity index (χ2n) is 9.86. The van der Waals surface area contributed by atoms with Crippen LogP contribution in [0.5, 0.6) is 0 Å². The van der Waals surface area contributed by atoms with Gasteiger partial charge in [-0.2, -0.15) is 0 Å². The number of anilines is 1. The zero-order valence-electron chi connectivity index (χ0n) is 19.5. The number of carbonyl (C=O) groups is 3. The van der Waals surface area contributed by atoms with Crippen molar-refractivity contribution in [3.63, 3.8) is 0 Å². The third-order valence-corrected chi connectivity index (χ3v) is 7.14. The van der Waals surface area contributed by atoms with Gasteiger partial charge in [0.1, 0.15) is 12.1 Å². The molecule has 32 heavy (non-hydrogen) atoms. The van der Waals surface area contributed by atoms with Gasteiger partial charge in [-0.25, -0.2) is 0 Å². The van der Waals surface area contributed by atoms with Crippen LogP contribution < -0.4 is 4.90 Å². The zero-order chi connectivity index (χ0) is 22.7. The van der Waals surface area contributed by atoms with Crippen molar-refractivity contribution in [3.05, 3.63) is 30.3 Å². The van der Waals surface area contributed by atoms with Crippen LogP contribution in [-0.4, -0.2) is 77.4 Å². The quantitative estimate of drug-likeness (QED) is 0.706. The number of rotatable bonds is 5. The van der Waals surface area contributed by atoms with Crippen LogP contribution in [0.4, 0.5) is 5.69 Å². The highest BCUT2D eigenvalue weighted by atomic mass is 16.2. The van der Waals surface area contributed by atoms with Gasteiger partial charge >= 0.3 is 0 Å². The number of para-hydroxylation sites is 1. The molecule has 7 heteroatoms. The smallest absolute Gasteiger partial charge is 0.250 e. The van der Waals surface area contributed by atoms with Crippen LogP contribution in [0.3, 0.4) is 0 Å². The number of hydrogen-bond donors (Lipinski definition) is 0. The lowest BCUT2D eigenvalue weighted by Crippen LogP contribution is -2.57. The molecule has 3 fully saturated rings. The molecule has 1 aromatic rings. The van der Waals surface area contributed by atoms with Crippen LogP contribution in [0.1, 0.15) is 52.4 Å². The number of amides is 3. The van der Waals surface area contributed by atoms with E-state index in [4.69, 9.17) is 0 Å². The number of hydrogen-bond acceptors (Lipinski definition) is 4. The van der Waals surface area contributed by atoms with Crippen molar-refractivity contribution in [2.75, 3.05) is 44.3 Å². The second kappa shape index (κ2) is 9.51. The van der Waals surface area contributed by atoms with Gasteiger partial charge in [-0.1, -0.05) is 32.0 Å². The Morgan fingerprint density at radius 2 is 1.53 bits per heavy atom. The van der Waals surface area contributed by atoms with Crippen molar-refractivity contribution in [1.82, 2.24) is 14.7 Å². The number of nitrogens with zero attached hydrogens (tertiary/aromatic N) is 4.